The number of methoxy groups -OCH3 is 2. The first-order valence-corrected chi connectivity index (χ1v) is 7.02. The maximum absolute atomic E-state index is 10.6. The molecule has 1 N–H and O–H groups in total. The molecule has 0 aliphatic rings. The molecule has 0 saturated carbocycles. The Morgan fingerprint density at radius 2 is 1.55 bits per heavy atom. The van der Waals surface area contributed by atoms with E-state index in [9.17, 15) is 5.11 Å². The molecular formula is C16H17BrO3. The lowest BCUT2D eigenvalue weighted by Gasteiger charge is -2.17. The molecule has 0 aromatic heterocycles. The number of aliphatic hydroxyl groups excluding tert-OH is 1. The molecule has 0 radical (unpaired) electrons. The molecule has 0 spiro atoms. The van der Waals surface area contributed by atoms with Crippen LogP contribution in [-0.4, -0.2) is 19.3 Å². The monoisotopic (exact) mass is 336 g/mol. The van der Waals surface area contributed by atoms with E-state index in [1.165, 1.54) is 0 Å². The molecule has 2 aromatic carbocycles. The number of aliphatic hydroxyl groups is 1. The number of rotatable bonds is 4. The fourth-order valence-corrected chi connectivity index (χ4v) is 2.57. The fraction of sp³-hybridized carbons (Fsp3) is 0.250. The molecule has 0 aliphatic carbocycles. The number of aryl methyl sites for hydroxylation is 1. The minimum absolute atomic E-state index is 0.716. The first-order chi connectivity index (χ1) is 9.56. The van der Waals surface area contributed by atoms with Gasteiger partial charge < -0.3 is 14.6 Å². The van der Waals surface area contributed by atoms with Crippen molar-refractivity contribution < 1.29 is 14.6 Å². The van der Waals surface area contributed by atoms with Gasteiger partial charge in [-0.2, -0.15) is 0 Å². The quantitative estimate of drug-likeness (QED) is 0.921. The minimum atomic E-state index is -0.717. The van der Waals surface area contributed by atoms with Gasteiger partial charge in [0.05, 0.1) is 14.2 Å². The lowest BCUT2D eigenvalue weighted by Crippen LogP contribution is -2.03. The molecular weight excluding hydrogens is 320 g/mol. The zero-order valence-corrected chi connectivity index (χ0v) is 13.3. The fourth-order valence-electron chi connectivity index (χ4n) is 2.11. The van der Waals surface area contributed by atoms with E-state index in [-0.39, 0.29) is 0 Å². The maximum atomic E-state index is 10.6. The number of ether oxygens (including phenoxy) is 2. The first kappa shape index (κ1) is 14.9. The van der Waals surface area contributed by atoms with E-state index >= 15 is 0 Å². The Hall–Kier alpha value is -1.52. The van der Waals surface area contributed by atoms with Gasteiger partial charge in [-0.1, -0.05) is 22.0 Å². The van der Waals surface area contributed by atoms with Gasteiger partial charge >= 0.3 is 0 Å². The lowest BCUT2D eigenvalue weighted by molar-refractivity contribution is 0.218. The topological polar surface area (TPSA) is 38.7 Å². The Morgan fingerprint density at radius 3 is 2.15 bits per heavy atom. The molecule has 4 heteroatoms. The van der Waals surface area contributed by atoms with Crippen molar-refractivity contribution in [3.05, 3.63) is 57.6 Å². The van der Waals surface area contributed by atoms with Crippen LogP contribution in [0.15, 0.2) is 40.9 Å². The van der Waals surface area contributed by atoms with Crippen LogP contribution < -0.4 is 9.47 Å². The molecule has 3 nitrogen and oxygen atoms in total. The predicted molar refractivity (Wildman–Crippen MR) is 82.5 cm³/mol. The summed E-state index contributed by atoms with van der Waals surface area (Å²) in [5.74, 6) is 1.50. The summed E-state index contributed by atoms with van der Waals surface area (Å²) in [5.41, 5.74) is 2.60. The molecule has 106 valence electrons. The van der Waals surface area contributed by atoms with Crippen LogP contribution >= 0.6 is 15.9 Å². The highest BCUT2D eigenvalue weighted by Crippen LogP contribution is 2.33. The van der Waals surface area contributed by atoms with Crippen LogP contribution in [0.25, 0.3) is 0 Å². The summed E-state index contributed by atoms with van der Waals surface area (Å²) < 4.78 is 11.2. The molecule has 0 bridgehead atoms. The largest absolute Gasteiger partial charge is 0.497 e. The number of benzene rings is 2. The smallest absolute Gasteiger partial charge is 0.119 e. The van der Waals surface area contributed by atoms with Gasteiger partial charge in [-0.25, -0.2) is 0 Å². The SMILES string of the molecule is COc1ccc(C(O)c2cc(OC)ccc2Br)c(C)c1. The minimum Gasteiger partial charge on any atom is -0.497 e. The van der Waals surface area contributed by atoms with Gasteiger partial charge in [0.2, 0.25) is 0 Å². The standard InChI is InChI=1S/C16H17BrO3/c1-10-8-11(19-2)4-6-13(10)16(18)14-9-12(20-3)5-7-15(14)17/h4-9,16,18H,1-3H3. The van der Waals surface area contributed by atoms with E-state index in [1.807, 2.05) is 43.3 Å². The van der Waals surface area contributed by atoms with Crippen LogP contribution in [-0.2, 0) is 0 Å². The third kappa shape index (κ3) is 2.97. The number of hydrogen-bond acceptors (Lipinski definition) is 3. The van der Waals surface area contributed by atoms with Crippen molar-refractivity contribution in [2.45, 2.75) is 13.0 Å². The number of hydrogen-bond donors (Lipinski definition) is 1. The van der Waals surface area contributed by atoms with Crippen molar-refractivity contribution in [1.82, 2.24) is 0 Å². The van der Waals surface area contributed by atoms with Gasteiger partial charge in [0, 0.05) is 10.0 Å². The van der Waals surface area contributed by atoms with E-state index in [2.05, 4.69) is 15.9 Å². The molecule has 0 amide bonds. The van der Waals surface area contributed by atoms with Crippen molar-refractivity contribution in [3.8, 4) is 11.5 Å². The molecule has 2 rings (SSSR count). The zero-order valence-electron chi connectivity index (χ0n) is 11.7. The van der Waals surface area contributed by atoms with E-state index in [0.717, 1.165) is 26.9 Å². The average molecular weight is 337 g/mol. The van der Waals surface area contributed by atoms with Gasteiger partial charge in [-0.15, -0.1) is 0 Å². The van der Waals surface area contributed by atoms with Gasteiger partial charge in [-0.05, 0) is 48.4 Å². The summed E-state index contributed by atoms with van der Waals surface area (Å²) in [6, 6.07) is 11.2. The Morgan fingerprint density at radius 1 is 0.950 bits per heavy atom. The Labute approximate surface area is 127 Å². The van der Waals surface area contributed by atoms with E-state index in [4.69, 9.17) is 9.47 Å². The Balaban J connectivity index is 2.43. The van der Waals surface area contributed by atoms with Gasteiger partial charge in [-0.3, -0.25) is 0 Å². The van der Waals surface area contributed by atoms with Crippen LogP contribution in [0.4, 0.5) is 0 Å². The molecule has 20 heavy (non-hydrogen) atoms. The second-order valence-corrected chi connectivity index (χ2v) is 5.37. The van der Waals surface area contributed by atoms with Crippen molar-refractivity contribution in [2.75, 3.05) is 14.2 Å². The zero-order chi connectivity index (χ0) is 14.7. The van der Waals surface area contributed by atoms with Crippen LogP contribution in [0.2, 0.25) is 0 Å². The third-order valence-corrected chi connectivity index (χ3v) is 3.99. The summed E-state index contributed by atoms with van der Waals surface area (Å²) in [4.78, 5) is 0. The van der Waals surface area contributed by atoms with E-state index < -0.39 is 6.10 Å². The average Bonchev–Trinajstić information content (AvgIpc) is 2.47. The van der Waals surface area contributed by atoms with E-state index in [1.54, 1.807) is 14.2 Å². The van der Waals surface area contributed by atoms with Crippen LogP contribution in [0, 0.1) is 6.92 Å². The molecule has 1 unspecified atom stereocenters. The second kappa shape index (κ2) is 6.29. The van der Waals surface area contributed by atoms with Gasteiger partial charge in [0.25, 0.3) is 0 Å². The summed E-state index contributed by atoms with van der Waals surface area (Å²) >= 11 is 3.47. The molecule has 1 atom stereocenters. The highest BCUT2D eigenvalue weighted by Gasteiger charge is 2.17. The molecule has 0 heterocycles. The molecule has 0 saturated heterocycles. The third-order valence-electron chi connectivity index (χ3n) is 3.27. The summed E-state index contributed by atoms with van der Waals surface area (Å²) in [6.45, 7) is 1.95. The highest BCUT2D eigenvalue weighted by atomic mass is 79.9. The van der Waals surface area contributed by atoms with Crippen molar-refractivity contribution in [1.29, 1.82) is 0 Å². The van der Waals surface area contributed by atoms with Crippen molar-refractivity contribution in [2.24, 2.45) is 0 Å². The van der Waals surface area contributed by atoms with Crippen LogP contribution in [0.3, 0.4) is 0 Å². The highest BCUT2D eigenvalue weighted by molar-refractivity contribution is 9.10. The van der Waals surface area contributed by atoms with E-state index in [0.29, 0.717) is 5.75 Å². The summed E-state index contributed by atoms with van der Waals surface area (Å²) in [6.07, 6.45) is -0.717. The normalized spacial score (nSPS) is 12.1. The Kier molecular flexibility index (Phi) is 4.68. The maximum Gasteiger partial charge on any atom is 0.119 e. The van der Waals surface area contributed by atoms with Crippen molar-refractivity contribution in [3.63, 3.8) is 0 Å². The van der Waals surface area contributed by atoms with Crippen LogP contribution in [0.1, 0.15) is 22.8 Å². The predicted octanol–water partition coefficient (Wildman–Crippen LogP) is 3.86. The molecule has 0 aliphatic heterocycles. The van der Waals surface area contributed by atoms with Crippen molar-refractivity contribution >= 4 is 15.9 Å². The first-order valence-electron chi connectivity index (χ1n) is 6.23. The molecule has 0 fully saturated rings. The Bertz CT molecular complexity index is 611. The lowest BCUT2D eigenvalue weighted by atomic mass is 9.97. The molecule has 2 aromatic rings. The van der Waals surface area contributed by atoms with Crippen LogP contribution in [0.5, 0.6) is 11.5 Å². The van der Waals surface area contributed by atoms with Gasteiger partial charge in [0.1, 0.15) is 17.6 Å². The second-order valence-electron chi connectivity index (χ2n) is 4.51. The number of halogens is 1. The summed E-state index contributed by atoms with van der Waals surface area (Å²) in [7, 11) is 3.24. The summed E-state index contributed by atoms with van der Waals surface area (Å²) in [5, 5.41) is 10.6. The van der Waals surface area contributed by atoms with Gasteiger partial charge in [0.15, 0.2) is 0 Å².